The Labute approximate surface area is 57.2 Å². The van der Waals surface area contributed by atoms with E-state index >= 15 is 0 Å². The zero-order chi connectivity index (χ0) is 7.07. The van der Waals surface area contributed by atoms with E-state index in [0.717, 1.165) is 6.54 Å². The number of nitrogens with zero attached hydrogens (tertiary/aromatic N) is 2. The molecule has 0 aromatic carbocycles. The van der Waals surface area contributed by atoms with Gasteiger partial charge in [0.05, 0.1) is 6.07 Å². The second-order valence-corrected chi connectivity index (χ2v) is 8.38. The van der Waals surface area contributed by atoms with E-state index < -0.39 is 8.24 Å². The van der Waals surface area contributed by atoms with Gasteiger partial charge in [-0.1, -0.05) is 19.6 Å². The molecule has 2 atom stereocenters. The van der Waals surface area contributed by atoms with Crippen LogP contribution in [0.1, 0.15) is 0 Å². The Balaban J connectivity index is 2.45. The fourth-order valence-corrected chi connectivity index (χ4v) is 2.70. The quantitative estimate of drug-likeness (QED) is 0.402. The Morgan fingerprint density at radius 1 is 1.56 bits per heavy atom. The van der Waals surface area contributed by atoms with E-state index in [2.05, 4.69) is 30.3 Å². The van der Waals surface area contributed by atoms with Crippen molar-refractivity contribution in [3.63, 3.8) is 0 Å². The van der Waals surface area contributed by atoms with Gasteiger partial charge in [0.25, 0.3) is 0 Å². The minimum Gasteiger partial charge on any atom is -0.306 e. The topological polar surface area (TPSA) is 26.8 Å². The number of rotatable bonds is 1. The molecule has 9 heavy (non-hydrogen) atoms. The fourth-order valence-electron chi connectivity index (χ4n) is 0.991. The minimum absolute atomic E-state index is 0.261. The Morgan fingerprint density at radius 3 is 2.22 bits per heavy atom. The maximum absolute atomic E-state index is 8.47. The summed E-state index contributed by atoms with van der Waals surface area (Å²) in [6.45, 7) is 7.82. The minimum atomic E-state index is -1.10. The van der Waals surface area contributed by atoms with Crippen molar-refractivity contribution in [2.24, 2.45) is 0 Å². The molecule has 1 fully saturated rings. The summed E-state index contributed by atoms with van der Waals surface area (Å²) in [5, 5.41) is 8.47. The molecular weight excluding hydrogens is 128 g/mol. The molecule has 1 heterocycles. The molecule has 0 saturated carbocycles. The van der Waals surface area contributed by atoms with Crippen molar-refractivity contribution >= 4 is 8.24 Å². The Kier molecular flexibility index (Phi) is 1.37. The van der Waals surface area contributed by atoms with Crippen LogP contribution in [-0.4, -0.2) is 25.4 Å². The molecule has 3 heteroatoms. The molecule has 50 valence electrons. The molecular formula is C6H12N2Si. The van der Waals surface area contributed by atoms with Crippen molar-refractivity contribution in [3.05, 3.63) is 0 Å². The summed E-state index contributed by atoms with van der Waals surface area (Å²) < 4.78 is 2.31. The molecule has 2 unspecified atom stereocenters. The van der Waals surface area contributed by atoms with Crippen molar-refractivity contribution in [2.75, 3.05) is 6.54 Å². The first-order chi connectivity index (χ1) is 4.05. The molecule has 0 aliphatic carbocycles. The molecule has 0 radical (unpaired) electrons. The molecule has 0 N–H and O–H groups in total. The molecule has 0 aromatic heterocycles. The lowest BCUT2D eigenvalue weighted by Gasteiger charge is -2.16. The van der Waals surface area contributed by atoms with E-state index in [1.807, 2.05) is 0 Å². The van der Waals surface area contributed by atoms with Gasteiger partial charge in [-0.25, -0.2) is 0 Å². The van der Waals surface area contributed by atoms with Gasteiger partial charge < -0.3 is 4.57 Å². The van der Waals surface area contributed by atoms with Gasteiger partial charge in [-0.15, -0.1) is 0 Å². The summed E-state index contributed by atoms with van der Waals surface area (Å²) in [6.07, 6.45) is 0. The second kappa shape index (κ2) is 1.82. The number of nitriles is 1. The van der Waals surface area contributed by atoms with E-state index in [1.165, 1.54) is 0 Å². The van der Waals surface area contributed by atoms with E-state index in [4.69, 9.17) is 5.26 Å². The summed E-state index contributed by atoms with van der Waals surface area (Å²) in [6, 6.07) is 2.52. The summed E-state index contributed by atoms with van der Waals surface area (Å²) in [5.74, 6) is 0. The second-order valence-electron chi connectivity index (χ2n) is 3.47. The van der Waals surface area contributed by atoms with Gasteiger partial charge in [-0.3, -0.25) is 0 Å². The average molecular weight is 140 g/mol. The van der Waals surface area contributed by atoms with E-state index in [1.54, 1.807) is 0 Å². The molecule has 0 amide bonds. The third-order valence-corrected chi connectivity index (χ3v) is 3.84. The predicted molar refractivity (Wildman–Crippen MR) is 39.5 cm³/mol. The molecule has 1 rings (SSSR count). The first kappa shape index (κ1) is 6.78. The predicted octanol–water partition coefficient (Wildman–Crippen LogP) is 1.03. The summed E-state index contributed by atoms with van der Waals surface area (Å²) in [5.41, 5.74) is 0. The maximum Gasteiger partial charge on any atom is 0.120 e. The van der Waals surface area contributed by atoms with Gasteiger partial charge in [-0.05, 0) is 0 Å². The molecule has 0 aromatic rings. The van der Waals surface area contributed by atoms with Crippen LogP contribution in [0.25, 0.3) is 0 Å². The number of hydrogen-bond acceptors (Lipinski definition) is 2. The lowest BCUT2D eigenvalue weighted by Crippen LogP contribution is -2.33. The normalized spacial score (nSPS) is 33.6. The lowest BCUT2D eigenvalue weighted by atomic mass is 10.6. The highest BCUT2D eigenvalue weighted by Crippen LogP contribution is 2.24. The van der Waals surface area contributed by atoms with E-state index in [-0.39, 0.29) is 6.04 Å². The third-order valence-electron chi connectivity index (χ3n) is 1.62. The van der Waals surface area contributed by atoms with Gasteiger partial charge in [0, 0.05) is 6.54 Å². The van der Waals surface area contributed by atoms with Crippen LogP contribution in [-0.2, 0) is 0 Å². The zero-order valence-corrected chi connectivity index (χ0v) is 7.18. The maximum atomic E-state index is 8.47. The highest BCUT2D eigenvalue weighted by Gasteiger charge is 2.42. The number of hydrogen-bond donors (Lipinski definition) is 0. The van der Waals surface area contributed by atoms with E-state index in [9.17, 15) is 0 Å². The fraction of sp³-hybridized carbons (Fsp3) is 0.833. The molecule has 0 bridgehead atoms. The van der Waals surface area contributed by atoms with Gasteiger partial charge in [0.1, 0.15) is 14.3 Å². The van der Waals surface area contributed by atoms with Gasteiger partial charge in [0.2, 0.25) is 0 Å². The van der Waals surface area contributed by atoms with Crippen LogP contribution in [0, 0.1) is 11.3 Å². The monoisotopic (exact) mass is 140 g/mol. The molecule has 1 aliphatic heterocycles. The van der Waals surface area contributed by atoms with Crippen molar-refractivity contribution in [2.45, 2.75) is 25.7 Å². The molecule has 1 saturated heterocycles. The Bertz CT molecular complexity index is 153. The van der Waals surface area contributed by atoms with Crippen molar-refractivity contribution < 1.29 is 0 Å². The highest BCUT2D eigenvalue weighted by molar-refractivity contribution is 6.74. The third kappa shape index (κ3) is 1.32. The summed E-state index contributed by atoms with van der Waals surface area (Å²) >= 11 is 0. The first-order valence-corrected chi connectivity index (χ1v) is 6.67. The van der Waals surface area contributed by atoms with Gasteiger partial charge in [-0.2, -0.15) is 5.26 Å². The Hall–Kier alpha value is -0.333. The largest absolute Gasteiger partial charge is 0.306 e. The summed E-state index contributed by atoms with van der Waals surface area (Å²) in [4.78, 5) is 0. The van der Waals surface area contributed by atoms with Crippen LogP contribution in [0.3, 0.4) is 0 Å². The van der Waals surface area contributed by atoms with Crippen LogP contribution in [0.5, 0.6) is 0 Å². The van der Waals surface area contributed by atoms with Crippen LogP contribution in [0.4, 0.5) is 0 Å². The molecule has 1 aliphatic rings. The van der Waals surface area contributed by atoms with Crippen LogP contribution in [0.15, 0.2) is 0 Å². The SMILES string of the molecule is C[Si](C)(C)N1CC1C#N. The van der Waals surface area contributed by atoms with Crippen molar-refractivity contribution in [1.82, 2.24) is 4.57 Å². The van der Waals surface area contributed by atoms with Crippen LogP contribution < -0.4 is 0 Å². The zero-order valence-electron chi connectivity index (χ0n) is 6.18. The van der Waals surface area contributed by atoms with Crippen molar-refractivity contribution in [1.29, 1.82) is 5.26 Å². The Morgan fingerprint density at radius 2 is 2.11 bits per heavy atom. The first-order valence-electron chi connectivity index (χ1n) is 3.22. The van der Waals surface area contributed by atoms with Crippen LogP contribution in [0.2, 0.25) is 19.6 Å². The van der Waals surface area contributed by atoms with Gasteiger partial charge >= 0.3 is 0 Å². The molecule has 0 spiro atoms. The van der Waals surface area contributed by atoms with Crippen molar-refractivity contribution in [3.8, 4) is 6.07 Å². The lowest BCUT2D eigenvalue weighted by molar-refractivity contribution is 0.803. The van der Waals surface area contributed by atoms with Gasteiger partial charge in [0.15, 0.2) is 0 Å². The highest BCUT2D eigenvalue weighted by atomic mass is 28.3. The molecule has 2 nitrogen and oxygen atoms in total. The van der Waals surface area contributed by atoms with E-state index in [0.29, 0.717) is 0 Å². The average Bonchev–Trinajstić information content (AvgIpc) is 2.39. The summed E-state index contributed by atoms with van der Waals surface area (Å²) in [7, 11) is -1.10. The van der Waals surface area contributed by atoms with Crippen LogP contribution >= 0.6 is 0 Å². The standard InChI is InChI=1S/C6H12N2Si/c1-9(2,3)8-5-6(8)4-7/h6H,5H2,1-3H3. The smallest absolute Gasteiger partial charge is 0.120 e.